The first-order valence-electron chi connectivity index (χ1n) is 8.68. The number of ether oxygens (including phenoxy) is 1. The van der Waals surface area contributed by atoms with Gasteiger partial charge < -0.3 is 10.5 Å². The summed E-state index contributed by atoms with van der Waals surface area (Å²) in [4.78, 5) is 12.1. The van der Waals surface area contributed by atoms with E-state index < -0.39 is 34.6 Å². The van der Waals surface area contributed by atoms with Crippen molar-refractivity contribution in [2.24, 2.45) is 17.6 Å². The van der Waals surface area contributed by atoms with Gasteiger partial charge in [-0.1, -0.05) is 20.8 Å². The lowest BCUT2D eigenvalue weighted by atomic mass is 9.61. The Bertz CT molecular complexity index is 660. The van der Waals surface area contributed by atoms with Crippen molar-refractivity contribution in [1.29, 1.82) is 0 Å². The second-order valence-corrected chi connectivity index (χ2v) is 7.68. The molecule has 0 amide bonds. The van der Waals surface area contributed by atoms with Gasteiger partial charge in [0.2, 0.25) is 0 Å². The molecule has 0 radical (unpaired) electrons. The summed E-state index contributed by atoms with van der Waals surface area (Å²) in [5.74, 6) is -4.10. The first kappa shape index (κ1) is 19.8. The molecule has 2 N–H and O–H groups in total. The molecule has 1 saturated carbocycles. The fraction of sp³-hybridized carbons (Fsp3) is 0.632. The van der Waals surface area contributed by atoms with Gasteiger partial charge in [0.05, 0.1) is 0 Å². The summed E-state index contributed by atoms with van der Waals surface area (Å²) >= 11 is 0. The van der Waals surface area contributed by atoms with Crippen LogP contribution < -0.4 is 5.73 Å². The van der Waals surface area contributed by atoms with Gasteiger partial charge in [-0.3, -0.25) is 4.79 Å². The number of carbonyl (C=O) groups is 1. The Morgan fingerprint density at radius 2 is 1.88 bits per heavy atom. The van der Waals surface area contributed by atoms with Crippen LogP contribution in [0.1, 0.15) is 58.9 Å². The van der Waals surface area contributed by atoms with Crippen molar-refractivity contribution in [2.45, 2.75) is 64.5 Å². The Labute approximate surface area is 146 Å². The molecule has 1 aliphatic carbocycles. The van der Waals surface area contributed by atoms with Crippen molar-refractivity contribution < 1.29 is 22.7 Å². The van der Waals surface area contributed by atoms with Crippen LogP contribution in [0.5, 0.6) is 0 Å². The molecule has 3 nitrogen and oxygen atoms in total. The van der Waals surface area contributed by atoms with Crippen LogP contribution in [-0.2, 0) is 15.1 Å². The lowest BCUT2D eigenvalue weighted by Gasteiger charge is -2.51. The Hall–Kier alpha value is -1.56. The number of rotatable bonds is 4. The zero-order valence-electron chi connectivity index (χ0n) is 15.2. The van der Waals surface area contributed by atoms with Crippen LogP contribution in [0.2, 0.25) is 0 Å². The number of nitrogens with two attached hydrogens (primary N) is 1. The number of benzene rings is 1. The largest absolute Gasteiger partial charge is 0.454 e. The molecule has 1 fully saturated rings. The van der Waals surface area contributed by atoms with Crippen LogP contribution in [0.3, 0.4) is 0 Å². The highest BCUT2D eigenvalue weighted by atomic mass is 19.2. The van der Waals surface area contributed by atoms with Gasteiger partial charge in [-0.2, -0.15) is 0 Å². The summed E-state index contributed by atoms with van der Waals surface area (Å²) in [5.41, 5.74) is 4.04. The van der Waals surface area contributed by atoms with Crippen molar-refractivity contribution in [3.05, 3.63) is 35.1 Å². The van der Waals surface area contributed by atoms with E-state index in [-0.39, 0.29) is 30.2 Å². The first-order chi connectivity index (χ1) is 11.5. The third-order valence-corrected chi connectivity index (χ3v) is 5.15. The summed E-state index contributed by atoms with van der Waals surface area (Å²) in [6, 6.07) is 1.32. The number of hydrogen-bond donors (Lipinski definition) is 1. The lowest BCUT2D eigenvalue weighted by molar-refractivity contribution is -0.181. The Morgan fingerprint density at radius 3 is 2.44 bits per heavy atom. The van der Waals surface area contributed by atoms with Crippen LogP contribution in [0, 0.1) is 29.3 Å². The summed E-state index contributed by atoms with van der Waals surface area (Å²) in [7, 11) is 0. The summed E-state index contributed by atoms with van der Waals surface area (Å²) in [5, 5.41) is 0. The summed E-state index contributed by atoms with van der Waals surface area (Å²) in [6.07, 6.45) is 1.52. The van der Waals surface area contributed by atoms with E-state index in [0.717, 1.165) is 6.07 Å². The molecule has 0 bridgehead atoms. The highest BCUT2D eigenvalue weighted by Gasteiger charge is 2.53. The normalized spacial score (nSPS) is 29.7. The van der Waals surface area contributed by atoms with E-state index in [1.807, 2.05) is 13.8 Å². The van der Waals surface area contributed by atoms with Crippen LogP contribution in [0.15, 0.2) is 12.1 Å². The maximum absolute atomic E-state index is 14.7. The molecule has 1 aromatic rings. The zero-order valence-corrected chi connectivity index (χ0v) is 15.2. The van der Waals surface area contributed by atoms with E-state index in [4.69, 9.17) is 10.5 Å². The molecule has 140 valence electrons. The SMILES string of the molecule is CCC(=O)OC1(c2cc(F)c(F)cc2F)CC(C)(N)CCC1C(C)C. The molecule has 2 rings (SSSR count). The molecular formula is C19H26F3NO2. The van der Waals surface area contributed by atoms with Gasteiger partial charge in [-0.05, 0) is 31.7 Å². The minimum absolute atomic E-state index is 0.0354. The van der Waals surface area contributed by atoms with Gasteiger partial charge >= 0.3 is 5.97 Å². The van der Waals surface area contributed by atoms with Crippen molar-refractivity contribution >= 4 is 5.97 Å². The van der Waals surface area contributed by atoms with E-state index in [2.05, 4.69) is 0 Å². The Kier molecular flexibility index (Phi) is 5.52. The second-order valence-electron chi connectivity index (χ2n) is 7.68. The predicted molar refractivity (Wildman–Crippen MR) is 89.1 cm³/mol. The average Bonchev–Trinajstić information content (AvgIpc) is 2.49. The van der Waals surface area contributed by atoms with Gasteiger partial charge in [0.1, 0.15) is 11.4 Å². The minimum atomic E-state index is -1.42. The summed E-state index contributed by atoms with van der Waals surface area (Å²) in [6.45, 7) is 7.31. The molecule has 1 aliphatic rings. The van der Waals surface area contributed by atoms with Crippen molar-refractivity contribution in [1.82, 2.24) is 0 Å². The molecule has 0 saturated heterocycles. The van der Waals surface area contributed by atoms with Gasteiger partial charge in [0.25, 0.3) is 0 Å². The highest BCUT2D eigenvalue weighted by molar-refractivity contribution is 5.70. The minimum Gasteiger partial charge on any atom is -0.454 e. The second kappa shape index (κ2) is 6.98. The fourth-order valence-corrected chi connectivity index (χ4v) is 3.99. The summed E-state index contributed by atoms with van der Waals surface area (Å²) < 4.78 is 47.8. The van der Waals surface area contributed by atoms with Gasteiger partial charge in [0, 0.05) is 35.9 Å². The Balaban J connectivity index is 2.71. The monoisotopic (exact) mass is 357 g/mol. The van der Waals surface area contributed by atoms with Gasteiger partial charge in [0.15, 0.2) is 11.6 Å². The number of halogens is 3. The van der Waals surface area contributed by atoms with Crippen molar-refractivity contribution in [2.75, 3.05) is 0 Å². The molecule has 3 unspecified atom stereocenters. The smallest absolute Gasteiger partial charge is 0.306 e. The quantitative estimate of drug-likeness (QED) is 0.641. The molecule has 0 aliphatic heterocycles. The standard InChI is InChI=1S/C19H26F3NO2/c1-5-17(24)25-19(13-8-15(21)16(22)9-14(13)20)10-18(4,23)7-6-12(19)11(2)3/h8-9,11-12H,5-7,10,23H2,1-4H3. The average molecular weight is 357 g/mol. The first-order valence-corrected chi connectivity index (χ1v) is 8.68. The molecule has 3 atom stereocenters. The number of esters is 1. The third kappa shape index (κ3) is 3.84. The van der Waals surface area contributed by atoms with Crippen molar-refractivity contribution in [3.8, 4) is 0 Å². The van der Waals surface area contributed by atoms with Crippen molar-refractivity contribution in [3.63, 3.8) is 0 Å². The predicted octanol–water partition coefficient (Wildman–Crippen LogP) is 4.43. The molecule has 25 heavy (non-hydrogen) atoms. The Morgan fingerprint density at radius 1 is 1.28 bits per heavy atom. The highest BCUT2D eigenvalue weighted by Crippen LogP contribution is 2.51. The molecule has 0 aromatic heterocycles. The van der Waals surface area contributed by atoms with Gasteiger partial charge in [-0.15, -0.1) is 0 Å². The number of hydrogen-bond acceptors (Lipinski definition) is 3. The van der Waals surface area contributed by atoms with Gasteiger partial charge in [-0.25, -0.2) is 13.2 Å². The topological polar surface area (TPSA) is 52.3 Å². The van der Waals surface area contributed by atoms with E-state index in [0.29, 0.717) is 18.9 Å². The van der Waals surface area contributed by atoms with E-state index in [9.17, 15) is 18.0 Å². The van der Waals surface area contributed by atoms with Crippen LogP contribution >= 0.6 is 0 Å². The van der Waals surface area contributed by atoms with Crippen LogP contribution in [-0.4, -0.2) is 11.5 Å². The fourth-order valence-electron chi connectivity index (χ4n) is 3.99. The van der Waals surface area contributed by atoms with E-state index >= 15 is 0 Å². The lowest BCUT2D eigenvalue weighted by Crippen LogP contribution is -2.55. The zero-order chi connectivity index (χ0) is 19.0. The third-order valence-electron chi connectivity index (χ3n) is 5.15. The van der Waals surface area contributed by atoms with E-state index in [1.165, 1.54) is 0 Å². The van der Waals surface area contributed by atoms with Crippen LogP contribution in [0.4, 0.5) is 13.2 Å². The molecular weight excluding hydrogens is 331 g/mol. The van der Waals surface area contributed by atoms with Crippen LogP contribution in [0.25, 0.3) is 0 Å². The van der Waals surface area contributed by atoms with E-state index in [1.54, 1.807) is 13.8 Å². The molecule has 6 heteroatoms. The molecule has 1 aromatic carbocycles. The molecule has 0 heterocycles. The maximum Gasteiger partial charge on any atom is 0.306 e. The molecule has 0 spiro atoms. The maximum atomic E-state index is 14.7. The number of carbonyl (C=O) groups excluding carboxylic acids is 1.